The van der Waals surface area contributed by atoms with E-state index in [-0.39, 0.29) is 0 Å². The molecule has 0 aromatic carbocycles. The van der Waals surface area contributed by atoms with Gasteiger partial charge < -0.3 is 4.98 Å². The van der Waals surface area contributed by atoms with Gasteiger partial charge in [0.25, 0.3) is 0 Å². The van der Waals surface area contributed by atoms with Crippen molar-refractivity contribution in [2.45, 2.75) is 59.0 Å². The van der Waals surface area contributed by atoms with Crippen LogP contribution in [0.1, 0.15) is 48.0 Å². The predicted octanol–water partition coefficient (Wildman–Crippen LogP) is 2.81. The summed E-state index contributed by atoms with van der Waals surface area (Å²) in [7, 11) is -0.777. The van der Waals surface area contributed by atoms with E-state index >= 15 is 0 Å². The molecule has 2 unspecified atom stereocenters. The first-order valence-electron chi connectivity index (χ1n) is 6.52. The van der Waals surface area contributed by atoms with E-state index in [9.17, 15) is 0 Å². The second kappa shape index (κ2) is 8.31. The van der Waals surface area contributed by atoms with E-state index in [1.54, 1.807) is 0 Å². The molecule has 0 spiro atoms. The lowest BCUT2D eigenvalue weighted by atomic mass is 10.4. The Bertz CT molecular complexity index is 147. The molecule has 0 saturated heterocycles. The van der Waals surface area contributed by atoms with Crippen LogP contribution in [0.4, 0.5) is 0 Å². The normalized spacial score (nSPS) is 16.0. The highest BCUT2D eigenvalue weighted by molar-refractivity contribution is 6.59. The topological polar surface area (TPSA) is 15.3 Å². The molecule has 0 heterocycles. The lowest BCUT2D eigenvalue weighted by molar-refractivity contribution is 0.298. The van der Waals surface area contributed by atoms with Crippen molar-refractivity contribution in [1.82, 2.24) is 9.88 Å². The molecule has 0 aliphatic heterocycles. The number of hydrogen-bond acceptors (Lipinski definition) is 2. The van der Waals surface area contributed by atoms with Crippen LogP contribution in [-0.2, 0) is 0 Å². The van der Waals surface area contributed by atoms with Crippen molar-refractivity contribution in [3.8, 4) is 0 Å². The predicted molar refractivity (Wildman–Crippen MR) is 72.9 cm³/mol. The minimum Gasteiger partial charge on any atom is -0.327 e. The third-order valence-corrected chi connectivity index (χ3v) is 7.21. The van der Waals surface area contributed by atoms with E-state index in [1.807, 2.05) is 0 Å². The molecule has 2 nitrogen and oxygen atoms in total. The fourth-order valence-corrected chi connectivity index (χ4v) is 5.19. The highest BCUT2D eigenvalue weighted by atomic mass is 28.3. The highest BCUT2D eigenvalue weighted by Crippen LogP contribution is 2.21. The van der Waals surface area contributed by atoms with Crippen molar-refractivity contribution in [2.24, 2.45) is 0 Å². The zero-order valence-corrected chi connectivity index (χ0v) is 12.7. The van der Waals surface area contributed by atoms with Crippen LogP contribution < -0.4 is 4.98 Å². The first-order valence-corrected chi connectivity index (χ1v) is 8.43. The second-order valence-corrected chi connectivity index (χ2v) is 8.75. The third kappa shape index (κ3) is 5.69. The van der Waals surface area contributed by atoms with Gasteiger partial charge in [-0.3, -0.25) is 4.90 Å². The molecule has 2 atom stereocenters. The molecular formula is C12H30N2Si. The number of nitrogens with zero attached hydrogens (tertiary/aromatic N) is 1. The van der Waals surface area contributed by atoms with E-state index in [1.165, 1.54) is 6.42 Å². The van der Waals surface area contributed by atoms with Gasteiger partial charge >= 0.3 is 0 Å². The van der Waals surface area contributed by atoms with Crippen LogP contribution in [-0.4, -0.2) is 33.6 Å². The summed E-state index contributed by atoms with van der Waals surface area (Å²) >= 11 is 0. The molecule has 0 fully saturated rings. The van der Waals surface area contributed by atoms with Gasteiger partial charge in [-0.05, 0) is 24.2 Å². The van der Waals surface area contributed by atoms with Crippen molar-refractivity contribution in [1.29, 1.82) is 0 Å². The maximum atomic E-state index is 3.84. The van der Waals surface area contributed by atoms with E-state index < -0.39 is 8.96 Å². The van der Waals surface area contributed by atoms with Crippen LogP contribution in [0.5, 0.6) is 0 Å². The van der Waals surface area contributed by atoms with Gasteiger partial charge in [0, 0.05) is 6.67 Å². The van der Waals surface area contributed by atoms with Crippen LogP contribution in [0.3, 0.4) is 0 Å². The van der Waals surface area contributed by atoms with Crippen LogP contribution in [0.2, 0.25) is 11.1 Å². The quantitative estimate of drug-likeness (QED) is 0.509. The van der Waals surface area contributed by atoms with E-state index in [0.29, 0.717) is 0 Å². The van der Waals surface area contributed by atoms with Crippen molar-refractivity contribution in [3.63, 3.8) is 0 Å². The van der Waals surface area contributed by atoms with Crippen molar-refractivity contribution in [3.05, 3.63) is 0 Å². The summed E-state index contributed by atoms with van der Waals surface area (Å²) in [5.74, 6) is 0. The van der Waals surface area contributed by atoms with Crippen LogP contribution in [0.25, 0.3) is 0 Å². The molecule has 92 valence electrons. The summed E-state index contributed by atoms with van der Waals surface area (Å²) in [6, 6.07) is 0. The lowest BCUT2D eigenvalue weighted by Crippen LogP contribution is -2.46. The average molecular weight is 230 g/mol. The monoisotopic (exact) mass is 230 g/mol. The molecule has 3 heteroatoms. The number of hydrogen-bond donors (Lipinski definition) is 1. The summed E-state index contributed by atoms with van der Waals surface area (Å²) in [5, 5.41) is 0. The SMILES string of the molecule is CCC(C)[SiH](NCN(CC)CC)C(C)C. The molecule has 0 aromatic heterocycles. The summed E-state index contributed by atoms with van der Waals surface area (Å²) in [5.41, 5.74) is 1.76. The Morgan fingerprint density at radius 2 is 1.60 bits per heavy atom. The second-order valence-electron chi connectivity index (χ2n) is 4.82. The Balaban J connectivity index is 4.06. The minimum atomic E-state index is -0.777. The van der Waals surface area contributed by atoms with Crippen LogP contribution in [0.15, 0.2) is 0 Å². The molecule has 0 aromatic rings. The third-order valence-electron chi connectivity index (χ3n) is 3.42. The largest absolute Gasteiger partial charge is 0.327 e. The first kappa shape index (κ1) is 15.1. The Morgan fingerprint density at radius 3 is 1.93 bits per heavy atom. The summed E-state index contributed by atoms with van der Waals surface area (Å²) < 4.78 is 0. The van der Waals surface area contributed by atoms with Gasteiger partial charge in [0.1, 0.15) is 8.96 Å². The number of nitrogens with one attached hydrogen (secondary N) is 1. The molecule has 0 radical (unpaired) electrons. The van der Waals surface area contributed by atoms with Gasteiger partial charge in [0.15, 0.2) is 0 Å². The zero-order valence-electron chi connectivity index (χ0n) is 11.5. The summed E-state index contributed by atoms with van der Waals surface area (Å²) in [6.45, 7) is 17.3. The smallest absolute Gasteiger partial charge is 0.115 e. The Morgan fingerprint density at radius 1 is 1.07 bits per heavy atom. The maximum Gasteiger partial charge on any atom is 0.115 e. The van der Waals surface area contributed by atoms with Gasteiger partial charge in [-0.15, -0.1) is 0 Å². The van der Waals surface area contributed by atoms with Gasteiger partial charge in [-0.2, -0.15) is 0 Å². The van der Waals surface area contributed by atoms with E-state index in [2.05, 4.69) is 51.4 Å². The Hall–Kier alpha value is 0.137. The Labute approximate surface area is 98.1 Å². The fourth-order valence-electron chi connectivity index (χ4n) is 2.03. The molecule has 0 bridgehead atoms. The van der Waals surface area contributed by atoms with Gasteiger partial charge in [-0.1, -0.05) is 48.0 Å². The Kier molecular flexibility index (Phi) is 8.38. The summed E-state index contributed by atoms with van der Waals surface area (Å²) in [4.78, 5) is 6.30. The lowest BCUT2D eigenvalue weighted by Gasteiger charge is -2.29. The average Bonchev–Trinajstić information content (AvgIpc) is 2.23. The molecule has 0 aliphatic rings. The van der Waals surface area contributed by atoms with E-state index in [0.717, 1.165) is 30.8 Å². The molecule has 0 saturated carbocycles. The van der Waals surface area contributed by atoms with Crippen molar-refractivity contribution in [2.75, 3.05) is 19.8 Å². The maximum absolute atomic E-state index is 3.84. The molecular weight excluding hydrogens is 200 g/mol. The molecule has 15 heavy (non-hydrogen) atoms. The fraction of sp³-hybridized carbons (Fsp3) is 1.00. The van der Waals surface area contributed by atoms with Crippen LogP contribution >= 0.6 is 0 Å². The van der Waals surface area contributed by atoms with Crippen molar-refractivity contribution < 1.29 is 0 Å². The first-order chi connectivity index (χ1) is 7.06. The molecule has 0 aliphatic carbocycles. The van der Waals surface area contributed by atoms with Gasteiger partial charge in [0.2, 0.25) is 0 Å². The van der Waals surface area contributed by atoms with Crippen LogP contribution in [0, 0.1) is 0 Å². The zero-order chi connectivity index (χ0) is 11.8. The number of rotatable bonds is 8. The standard InChI is InChI=1S/C12H30N2Si/c1-7-12(6)15(11(4)5)13-10-14(8-2)9-3/h11-13,15H,7-10H2,1-6H3. The van der Waals surface area contributed by atoms with Gasteiger partial charge in [-0.25, -0.2) is 0 Å². The highest BCUT2D eigenvalue weighted by Gasteiger charge is 2.21. The van der Waals surface area contributed by atoms with Gasteiger partial charge in [0.05, 0.1) is 0 Å². The molecule has 0 amide bonds. The van der Waals surface area contributed by atoms with Crippen molar-refractivity contribution >= 4 is 8.96 Å². The van der Waals surface area contributed by atoms with E-state index in [4.69, 9.17) is 0 Å². The minimum absolute atomic E-state index is 0.777. The molecule has 0 rings (SSSR count). The summed E-state index contributed by atoms with van der Waals surface area (Å²) in [6.07, 6.45) is 1.32. The molecule has 1 N–H and O–H groups in total.